The quantitative estimate of drug-likeness (QED) is 0.244. The monoisotopic (exact) mass is 512 g/mol. The van der Waals surface area contributed by atoms with Crippen LogP contribution < -0.4 is 10.4 Å². The summed E-state index contributed by atoms with van der Waals surface area (Å²) in [7, 11) is -1.50. The number of allylic oxidation sites excluding steroid dienone is 1. The van der Waals surface area contributed by atoms with Crippen molar-refractivity contribution >= 4 is 24.7 Å². The van der Waals surface area contributed by atoms with Crippen LogP contribution in [0.4, 0.5) is 0 Å². The van der Waals surface area contributed by atoms with E-state index in [-0.39, 0.29) is 11.1 Å². The number of carbonyl (C=O) groups is 1. The Kier molecular flexibility index (Phi) is 8.15. The van der Waals surface area contributed by atoms with Crippen LogP contribution in [0.15, 0.2) is 114 Å². The van der Waals surface area contributed by atoms with Crippen LogP contribution in [-0.4, -0.2) is 32.6 Å². The highest BCUT2D eigenvalue weighted by atomic mass is 28.4. The van der Waals surface area contributed by atoms with E-state index in [1.54, 1.807) is 0 Å². The molecule has 0 amide bonds. The minimum absolute atomic E-state index is 0.213. The van der Waals surface area contributed by atoms with Crippen molar-refractivity contribution in [1.29, 1.82) is 0 Å². The van der Waals surface area contributed by atoms with E-state index in [1.165, 1.54) is 23.6 Å². The molecule has 0 spiro atoms. The molecule has 0 bridgehead atoms. The molecule has 3 aromatic rings. The summed E-state index contributed by atoms with van der Waals surface area (Å²) < 4.78 is 12.4. The average molecular weight is 513 g/mol. The number of carbonyl (C=O) groups excluding carboxylic acids is 1. The molecule has 1 N–H and O–H groups in total. The Bertz CT molecular complexity index is 1220. The maximum absolute atomic E-state index is 12.6. The number of esters is 1. The summed E-state index contributed by atoms with van der Waals surface area (Å²) in [6, 6.07) is 30.9. The van der Waals surface area contributed by atoms with Crippen LogP contribution in [0.25, 0.3) is 0 Å². The summed E-state index contributed by atoms with van der Waals surface area (Å²) in [6.45, 7) is 6.72. The Balaban J connectivity index is 1.87. The van der Waals surface area contributed by atoms with E-state index in [9.17, 15) is 9.90 Å². The highest BCUT2D eigenvalue weighted by Gasteiger charge is 2.52. The molecule has 4 nitrogen and oxygen atoms in total. The molecule has 192 valence electrons. The molecular weight excluding hydrogens is 476 g/mol. The van der Waals surface area contributed by atoms with Crippen molar-refractivity contribution in [3.8, 4) is 0 Å². The van der Waals surface area contributed by atoms with Gasteiger partial charge in [0.1, 0.15) is 0 Å². The lowest BCUT2D eigenvalue weighted by Crippen LogP contribution is -2.68. The molecule has 0 aliphatic heterocycles. The predicted molar refractivity (Wildman–Crippen MR) is 152 cm³/mol. The van der Waals surface area contributed by atoms with Crippen molar-refractivity contribution < 1.29 is 19.1 Å². The van der Waals surface area contributed by atoms with E-state index < -0.39 is 14.3 Å². The van der Waals surface area contributed by atoms with E-state index in [1.807, 2.05) is 42.5 Å². The van der Waals surface area contributed by atoms with Gasteiger partial charge < -0.3 is 14.3 Å². The second-order valence-electron chi connectivity index (χ2n) is 10.5. The summed E-state index contributed by atoms with van der Waals surface area (Å²) in [4.78, 5) is 12.6. The summed E-state index contributed by atoms with van der Waals surface area (Å²) in [5.74, 6) is -0.146. The number of hydrogen-bond donors (Lipinski definition) is 1. The van der Waals surface area contributed by atoms with Gasteiger partial charge in [-0.3, -0.25) is 0 Å². The largest absolute Gasteiger partial charge is 0.512 e. The zero-order chi connectivity index (χ0) is 26.5. The number of ether oxygens (including phenoxy) is 1. The van der Waals surface area contributed by atoms with Crippen molar-refractivity contribution in [1.82, 2.24) is 0 Å². The predicted octanol–water partition coefficient (Wildman–Crippen LogP) is 5.88. The van der Waals surface area contributed by atoms with Gasteiger partial charge in [0.2, 0.25) is 0 Å². The Morgan fingerprint density at radius 3 is 1.92 bits per heavy atom. The molecule has 3 aromatic carbocycles. The number of benzene rings is 3. The first-order chi connectivity index (χ1) is 17.8. The van der Waals surface area contributed by atoms with Crippen molar-refractivity contribution in [3.63, 3.8) is 0 Å². The number of aliphatic hydroxyl groups is 1. The topological polar surface area (TPSA) is 55.8 Å². The maximum Gasteiger partial charge on any atom is 0.330 e. The third-order valence-corrected chi connectivity index (χ3v) is 12.2. The van der Waals surface area contributed by atoms with Gasteiger partial charge in [0.05, 0.1) is 19.0 Å². The number of rotatable bonds is 7. The second kappa shape index (κ2) is 11.3. The van der Waals surface area contributed by atoms with Gasteiger partial charge in [0, 0.05) is 18.9 Å². The van der Waals surface area contributed by atoms with Gasteiger partial charge >= 0.3 is 5.97 Å². The third-order valence-electron chi connectivity index (χ3n) is 7.12. The van der Waals surface area contributed by atoms with E-state index in [0.717, 1.165) is 11.1 Å². The van der Waals surface area contributed by atoms with Crippen molar-refractivity contribution in [3.05, 3.63) is 120 Å². The molecule has 37 heavy (non-hydrogen) atoms. The molecule has 5 heteroatoms. The summed E-state index contributed by atoms with van der Waals surface area (Å²) in [6.07, 6.45) is 2.72. The summed E-state index contributed by atoms with van der Waals surface area (Å²) in [5, 5.41) is 13.2. The van der Waals surface area contributed by atoms with Gasteiger partial charge in [-0.15, -0.1) is 0 Å². The standard InChI is InChI=1S/C32H36O4Si/c1-32(2,3)37(25-16-10-6-11-17-25,26-18-12-7-13-19-26)36-30-21-20-29(33)27(28(30)23-31(34)35-4)22-24-14-8-5-9-15-24/h5-19,23,30,33H,20-22H2,1-4H3/b28-23+/t30-/m0/s1. The Labute approximate surface area is 221 Å². The normalized spacial score (nSPS) is 17.6. The highest BCUT2D eigenvalue weighted by molar-refractivity contribution is 6.99. The van der Waals surface area contributed by atoms with Crippen LogP contribution in [0.2, 0.25) is 5.04 Å². The van der Waals surface area contributed by atoms with Gasteiger partial charge in [0.25, 0.3) is 8.32 Å². The molecule has 1 atom stereocenters. The first-order valence-corrected chi connectivity index (χ1v) is 14.7. The van der Waals surface area contributed by atoms with Crippen molar-refractivity contribution in [2.24, 2.45) is 0 Å². The van der Waals surface area contributed by atoms with Crippen LogP contribution >= 0.6 is 0 Å². The third kappa shape index (κ3) is 5.63. The fourth-order valence-corrected chi connectivity index (χ4v) is 10.0. The number of methoxy groups -OCH3 is 1. The van der Waals surface area contributed by atoms with Crippen molar-refractivity contribution in [2.45, 2.75) is 51.2 Å². The lowest BCUT2D eigenvalue weighted by molar-refractivity contribution is -0.134. The van der Waals surface area contributed by atoms with Crippen LogP contribution in [0.1, 0.15) is 39.2 Å². The molecule has 0 unspecified atom stereocenters. The lowest BCUT2D eigenvalue weighted by Gasteiger charge is -2.46. The highest BCUT2D eigenvalue weighted by Crippen LogP contribution is 2.41. The van der Waals surface area contributed by atoms with Gasteiger partial charge in [-0.25, -0.2) is 4.79 Å². The van der Waals surface area contributed by atoms with Crippen molar-refractivity contribution in [2.75, 3.05) is 7.11 Å². The average Bonchev–Trinajstić information content (AvgIpc) is 2.91. The lowest BCUT2D eigenvalue weighted by atomic mass is 9.85. The molecule has 0 saturated carbocycles. The Morgan fingerprint density at radius 2 is 1.43 bits per heavy atom. The van der Waals surface area contributed by atoms with Crippen LogP contribution in [0, 0.1) is 0 Å². The SMILES string of the molecule is COC(=O)/C=C1\C(Cc2ccccc2)=C(O)CC[C@@H]1O[Si](c1ccccc1)(c1ccccc1)C(C)(C)C. The minimum Gasteiger partial charge on any atom is -0.512 e. The molecule has 0 radical (unpaired) electrons. The van der Waals surface area contributed by atoms with Crippen LogP contribution in [0.5, 0.6) is 0 Å². The Morgan fingerprint density at radius 1 is 0.919 bits per heavy atom. The summed E-state index contributed by atoms with van der Waals surface area (Å²) >= 11 is 0. The molecule has 0 fully saturated rings. The van der Waals surface area contributed by atoms with Gasteiger partial charge in [-0.05, 0) is 38.5 Å². The fraction of sp³-hybridized carbons (Fsp3) is 0.281. The second-order valence-corrected chi connectivity index (χ2v) is 14.8. The van der Waals surface area contributed by atoms with Gasteiger partial charge in [0.15, 0.2) is 0 Å². The van der Waals surface area contributed by atoms with Gasteiger partial charge in [-0.1, -0.05) is 112 Å². The molecule has 1 aliphatic rings. The first kappa shape index (κ1) is 26.6. The van der Waals surface area contributed by atoms with E-state index >= 15 is 0 Å². The Hall–Kier alpha value is -3.41. The molecule has 0 saturated heterocycles. The van der Waals surface area contributed by atoms with Crippen LogP contribution in [0.3, 0.4) is 0 Å². The molecule has 1 aliphatic carbocycles. The number of aliphatic hydroxyl groups excluding tert-OH is 1. The minimum atomic E-state index is -2.88. The maximum atomic E-state index is 12.6. The summed E-state index contributed by atoms with van der Waals surface area (Å²) in [5.41, 5.74) is 2.50. The van der Waals surface area contributed by atoms with E-state index in [0.29, 0.717) is 30.6 Å². The molecular formula is C32H36O4Si. The number of hydrogen-bond acceptors (Lipinski definition) is 4. The molecule has 0 heterocycles. The van der Waals surface area contributed by atoms with E-state index in [2.05, 4.69) is 69.3 Å². The molecule has 4 rings (SSSR count). The van der Waals surface area contributed by atoms with Gasteiger partial charge in [-0.2, -0.15) is 0 Å². The smallest absolute Gasteiger partial charge is 0.330 e. The first-order valence-electron chi connectivity index (χ1n) is 12.8. The molecule has 0 aromatic heterocycles. The van der Waals surface area contributed by atoms with Crippen LogP contribution in [-0.2, 0) is 20.4 Å². The fourth-order valence-electron chi connectivity index (χ4n) is 5.33. The zero-order valence-corrected chi connectivity index (χ0v) is 23.1. The van der Waals surface area contributed by atoms with E-state index in [4.69, 9.17) is 9.16 Å². The zero-order valence-electron chi connectivity index (χ0n) is 22.1.